The summed E-state index contributed by atoms with van der Waals surface area (Å²) < 4.78 is 3.61. The van der Waals surface area contributed by atoms with E-state index in [1.54, 1.807) is 11.3 Å². The highest BCUT2D eigenvalue weighted by molar-refractivity contribution is 7.21. The van der Waals surface area contributed by atoms with E-state index in [1.165, 1.54) is 65.2 Å². The summed E-state index contributed by atoms with van der Waals surface area (Å²) in [5.74, 6) is 0. The first-order valence-corrected chi connectivity index (χ1v) is 15.7. The lowest BCUT2D eigenvalue weighted by molar-refractivity contribution is 1.19. The van der Waals surface area contributed by atoms with Gasteiger partial charge in [0, 0.05) is 22.0 Å². The number of hydrogen-bond donors (Lipinski definition) is 0. The molecular weight excluding hydrogens is 553 g/mol. The van der Waals surface area contributed by atoms with Crippen molar-refractivity contribution in [2.75, 3.05) is 0 Å². The number of thiazole rings is 1. The van der Waals surface area contributed by atoms with Crippen molar-refractivity contribution in [1.82, 2.24) is 9.55 Å². The van der Waals surface area contributed by atoms with E-state index < -0.39 is 0 Å². The summed E-state index contributed by atoms with van der Waals surface area (Å²) in [7, 11) is 0. The van der Waals surface area contributed by atoms with Gasteiger partial charge in [0.15, 0.2) is 0 Å². The second kappa shape index (κ2) is 10.0. The number of aromatic nitrogens is 2. The van der Waals surface area contributed by atoms with E-state index in [4.69, 9.17) is 4.98 Å². The largest absolute Gasteiger partial charge is 0.309 e. The fourth-order valence-corrected chi connectivity index (χ4v) is 7.36. The fraction of sp³-hybridized carbons (Fsp3) is 0. The van der Waals surface area contributed by atoms with Crippen molar-refractivity contribution in [3.63, 3.8) is 0 Å². The monoisotopic (exact) mass is 578 g/mol. The molecule has 0 atom stereocenters. The van der Waals surface area contributed by atoms with Gasteiger partial charge in [-0.3, -0.25) is 0 Å². The van der Waals surface area contributed by atoms with E-state index in [2.05, 4.69) is 156 Å². The molecule has 0 fully saturated rings. The molecule has 206 valence electrons. The summed E-state index contributed by atoms with van der Waals surface area (Å²) in [5, 5.41) is 6.09. The molecule has 0 saturated carbocycles. The van der Waals surface area contributed by atoms with Crippen LogP contribution in [0.25, 0.3) is 81.3 Å². The molecule has 44 heavy (non-hydrogen) atoms. The van der Waals surface area contributed by atoms with Gasteiger partial charge in [0.1, 0.15) is 5.01 Å². The average Bonchev–Trinajstić information content (AvgIpc) is 3.67. The zero-order valence-electron chi connectivity index (χ0n) is 23.8. The van der Waals surface area contributed by atoms with Gasteiger partial charge >= 0.3 is 0 Å². The van der Waals surface area contributed by atoms with E-state index >= 15 is 0 Å². The van der Waals surface area contributed by atoms with Crippen molar-refractivity contribution in [3.8, 4) is 38.5 Å². The third-order valence-electron chi connectivity index (χ3n) is 8.62. The Morgan fingerprint density at radius 2 is 1.09 bits per heavy atom. The molecule has 0 aliphatic carbocycles. The van der Waals surface area contributed by atoms with Crippen LogP contribution in [-0.4, -0.2) is 9.55 Å². The van der Waals surface area contributed by atoms with Crippen molar-refractivity contribution in [1.29, 1.82) is 0 Å². The van der Waals surface area contributed by atoms with Crippen LogP contribution >= 0.6 is 11.3 Å². The first kappa shape index (κ1) is 25.0. The number of rotatable bonds is 4. The highest BCUT2D eigenvalue weighted by Gasteiger charge is 2.14. The van der Waals surface area contributed by atoms with Crippen LogP contribution in [0.2, 0.25) is 0 Å². The van der Waals surface area contributed by atoms with Crippen LogP contribution in [-0.2, 0) is 0 Å². The van der Waals surface area contributed by atoms with Crippen LogP contribution < -0.4 is 0 Å². The predicted molar refractivity (Wildman–Crippen MR) is 188 cm³/mol. The van der Waals surface area contributed by atoms with Gasteiger partial charge in [0.05, 0.1) is 21.3 Å². The maximum absolute atomic E-state index is 4.95. The van der Waals surface area contributed by atoms with Gasteiger partial charge in [0.2, 0.25) is 0 Å². The van der Waals surface area contributed by atoms with E-state index in [0.717, 1.165) is 16.1 Å². The lowest BCUT2D eigenvalue weighted by atomic mass is 9.99. The van der Waals surface area contributed by atoms with Crippen LogP contribution in [0.4, 0.5) is 0 Å². The van der Waals surface area contributed by atoms with Crippen LogP contribution in [0.5, 0.6) is 0 Å². The highest BCUT2D eigenvalue weighted by Crippen LogP contribution is 2.37. The highest BCUT2D eigenvalue weighted by atomic mass is 32.1. The molecule has 0 aliphatic heterocycles. The Labute approximate surface area is 259 Å². The predicted octanol–water partition coefficient (Wildman–Crippen LogP) is 11.5. The zero-order valence-corrected chi connectivity index (χ0v) is 24.6. The quantitative estimate of drug-likeness (QED) is 0.203. The molecule has 3 heteroatoms. The molecule has 9 aromatic rings. The maximum Gasteiger partial charge on any atom is 0.124 e. The Kier molecular flexibility index (Phi) is 5.71. The van der Waals surface area contributed by atoms with Crippen LogP contribution in [0.15, 0.2) is 158 Å². The molecule has 0 bridgehead atoms. The first-order chi connectivity index (χ1) is 21.8. The molecule has 2 aromatic heterocycles. The summed E-state index contributed by atoms with van der Waals surface area (Å²) in [5.41, 5.74) is 10.6. The van der Waals surface area contributed by atoms with Crippen LogP contribution in [0.1, 0.15) is 0 Å². The Morgan fingerprint density at radius 1 is 0.432 bits per heavy atom. The first-order valence-electron chi connectivity index (χ1n) is 14.9. The van der Waals surface area contributed by atoms with Crippen LogP contribution in [0.3, 0.4) is 0 Å². The molecule has 0 amide bonds. The van der Waals surface area contributed by atoms with Gasteiger partial charge < -0.3 is 4.57 Å². The lowest BCUT2D eigenvalue weighted by Gasteiger charge is -2.11. The number of nitrogens with zero attached hydrogens (tertiary/aromatic N) is 2. The summed E-state index contributed by atoms with van der Waals surface area (Å²) in [4.78, 5) is 4.95. The molecule has 0 spiro atoms. The van der Waals surface area contributed by atoms with Gasteiger partial charge in [0.25, 0.3) is 0 Å². The molecular formula is C41H26N2S. The third kappa shape index (κ3) is 4.13. The summed E-state index contributed by atoms with van der Waals surface area (Å²) in [6.45, 7) is 0. The molecule has 0 N–H and O–H groups in total. The Balaban J connectivity index is 1.11. The Morgan fingerprint density at radius 3 is 1.93 bits per heavy atom. The smallest absolute Gasteiger partial charge is 0.124 e. The number of hydrogen-bond acceptors (Lipinski definition) is 2. The SMILES string of the molecule is c1ccc(-c2nc3cc(-c4ccc(-c5ccc6c7ccccc7n(-c7ccc8ccccc8c7)c6c5)cc4)ccc3s2)cc1. The molecule has 0 radical (unpaired) electrons. The van der Waals surface area contributed by atoms with Crippen molar-refractivity contribution >= 4 is 54.1 Å². The molecule has 9 rings (SSSR count). The fourth-order valence-electron chi connectivity index (χ4n) is 6.41. The lowest BCUT2D eigenvalue weighted by Crippen LogP contribution is -1.94. The maximum atomic E-state index is 4.95. The second-order valence-electron chi connectivity index (χ2n) is 11.3. The minimum atomic E-state index is 1.04. The Hall–Kier alpha value is -5.51. The standard InChI is InChI=1S/C41H26N2S/c1-2-9-30(10-3-1)41-42-37-25-32(20-23-40(37)44-41)28-14-16-29(17-15-28)33-19-22-36-35-12-6-7-13-38(35)43(39(36)26-33)34-21-18-27-8-4-5-11-31(27)24-34/h1-26H. The van der Waals surface area contributed by atoms with Gasteiger partial charge in [-0.15, -0.1) is 11.3 Å². The molecule has 0 saturated heterocycles. The molecule has 2 nitrogen and oxygen atoms in total. The summed E-state index contributed by atoms with van der Waals surface area (Å²) in [6, 6.07) is 56.8. The van der Waals surface area contributed by atoms with Crippen LogP contribution in [0, 0.1) is 0 Å². The van der Waals surface area contributed by atoms with Crippen molar-refractivity contribution < 1.29 is 0 Å². The van der Waals surface area contributed by atoms with Gasteiger partial charge in [-0.1, -0.05) is 121 Å². The molecule has 0 aliphatic rings. The second-order valence-corrected chi connectivity index (χ2v) is 12.3. The Bertz CT molecular complexity index is 2480. The normalized spacial score (nSPS) is 11.6. The molecule has 7 aromatic carbocycles. The minimum Gasteiger partial charge on any atom is -0.309 e. The minimum absolute atomic E-state index is 1.04. The summed E-state index contributed by atoms with van der Waals surface area (Å²) in [6.07, 6.45) is 0. The number of para-hydroxylation sites is 1. The van der Waals surface area contributed by atoms with Gasteiger partial charge in [-0.05, 0) is 69.4 Å². The van der Waals surface area contributed by atoms with Crippen molar-refractivity contribution in [3.05, 3.63) is 158 Å². The average molecular weight is 579 g/mol. The van der Waals surface area contributed by atoms with Gasteiger partial charge in [-0.25, -0.2) is 4.98 Å². The third-order valence-corrected chi connectivity index (χ3v) is 9.71. The van der Waals surface area contributed by atoms with E-state index in [1.807, 2.05) is 6.07 Å². The van der Waals surface area contributed by atoms with Crippen molar-refractivity contribution in [2.45, 2.75) is 0 Å². The van der Waals surface area contributed by atoms with E-state index in [0.29, 0.717) is 0 Å². The van der Waals surface area contributed by atoms with E-state index in [9.17, 15) is 0 Å². The topological polar surface area (TPSA) is 17.8 Å². The zero-order chi connectivity index (χ0) is 29.0. The summed E-state index contributed by atoms with van der Waals surface area (Å²) >= 11 is 1.74. The van der Waals surface area contributed by atoms with Gasteiger partial charge in [-0.2, -0.15) is 0 Å². The van der Waals surface area contributed by atoms with Crippen molar-refractivity contribution in [2.24, 2.45) is 0 Å². The van der Waals surface area contributed by atoms with E-state index in [-0.39, 0.29) is 0 Å². The molecule has 2 heterocycles. The molecule has 0 unspecified atom stereocenters. The number of benzene rings is 7. The number of fused-ring (bicyclic) bond motifs is 5.